The van der Waals surface area contributed by atoms with Crippen LogP contribution in [0.3, 0.4) is 0 Å². The molecule has 1 aliphatic rings. The molecule has 1 heterocycles. The zero-order valence-electron chi connectivity index (χ0n) is 10.2. The summed E-state index contributed by atoms with van der Waals surface area (Å²) in [5.41, 5.74) is 5.02. The highest BCUT2D eigenvalue weighted by atomic mass is 32.2. The molecule has 1 atom stereocenters. The van der Waals surface area contributed by atoms with Crippen LogP contribution in [0, 0.1) is 5.92 Å². The topological polar surface area (TPSA) is 92.5 Å². The molecule has 0 radical (unpaired) electrons. The lowest BCUT2D eigenvalue weighted by atomic mass is 10.00. The number of piperidine rings is 1. The molecule has 0 aromatic rings. The Morgan fingerprint density at radius 2 is 2.24 bits per heavy atom. The standard InChI is InChI=1S/C10H21N3O3S/c1-17(15,16)13-6-2-3-9(8-13)7-12-5-4-10(11)14/h9,12H,2-8H2,1H3,(H2,11,14). The number of nitrogens with one attached hydrogen (secondary N) is 1. The first-order valence-electron chi connectivity index (χ1n) is 5.83. The largest absolute Gasteiger partial charge is 0.370 e. The van der Waals surface area contributed by atoms with E-state index >= 15 is 0 Å². The molecular weight excluding hydrogens is 242 g/mol. The molecule has 3 N–H and O–H groups in total. The van der Waals surface area contributed by atoms with E-state index in [1.54, 1.807) is 0 Å². The summed E-state index contributed by atoms with van der Waals surface area (Å²) in [6.45, 7) is 2.49. The summed E-state index contributed by atoms with van der Waals surface area (Å²) in [6.07, 6.45) is 3.49. The van der Waals surface area contributed by atoms with Crippen molar-refractivity contribution in [3.8, 4) is 0 Å². The quantitative estimate of drug-likeness (QED) is 0.609. The van der Waals surface area contributed by atoms with E-state index in [1.807, 2.05) is 0 Å². The predicted octanol–water partition coefficient (Wildman–Crippen LogP) is -0.877. The van der Waals surface area contributed by atoms with Crippen LogP contribution < -0.4 is 11.1 Å². The van der Waals surface area contributed by atoms with Crippen LogP contribution in [0.1, 0.15) is 19.3 Å². The van der Waals surface area contributed by atoms with Gasteiger partial charge in [-0.2, -0.15) is 0 Å². The van der Waals surface area contributed by atoms with Crippen LogP contribution in [-0.2, 0) is 14.8 Å². The van der Waals surface area contributed by atoms with Crippen LogP contribution >= 0.6 is 0 Å². The Bertz CT molecular complexity index is 356. The van der Waals surface area contributed by atoms with Crippen molar-refractivity contribution < 1.29 is 13.2 Å². The van der Waals surface area contributed by atoms with E-state index in [4.69, 9.17) is 5.73 Å². The molecule has 0 spiro atoms. The molecule has 1 unspecified atom stereocenters. The summed E-state index contributed by atoms with van der Waals surface area (Å²) in [4.78, 5) is 10.5. The number of nitrogens with two attached hydrogens (primary N) is 1. The van der Waals surface area contributed by atoms with Gasteiger partial charge in [0.2, 0.25) is 15.9 Å². The fraction of sp³-hybridized carbons (Fsp3) is 0.900. The summed E-state index contributed by atoms with van der Waals surface area (Å²) in [5, 5.41) is 3.14. The Labute approximate surface area is 103 Å². The average Bonchev–Trinajstić information content (AvgIpc) is 2.23. The lowest BCUT2D eigenvalue weighted by Crippen LogP contribution is -2.42. The Hall–Kier alpha value is -0.660. The molecule has 0 bridgehead atoms. The fourth-order valence-electron chi connectivity index (χ4n) is 2.01. The van der Waals surface area contributed by atoms with Crippen molar-refractivity contribution in [3.05, 3.63) is 0 Å². The summed E-state index contributed by atoms with van der Waals surface area (Å²) < 4.78 is 24.3. The third kappa shape index (κ3) is 5.47. The second kappa shape index (κ2) is 6.32. The summed E-state index contributed by atoms with van der Waals surface area (Å²) in [7, 11) is -3.07. The second-order valence-corrected chi connectivity index (χ2v) is 6.53. The van der Waals surface area contributed by atoms with Gasteiger partial charge in [0.25, 0.3) is 0 Å². The van der Waals surface area contributed by atoms with Crippen LogP contribution in [0.5, 0.6) is 0 Å². The predicted molar refractivity (Wildman–Crippen MR) is 65.8 cm³/mol. The fourth-order valence-corrected chi connectivity index (χ4v) is 2.95. The average molecular weight is 263 g/mol. The van der Waals surface area contributed by atoms with Gasteiger partial charge in [-0.3, -0.25) is 4.79 Å². The van der Waals surface area contributed by atoms with Crippen molar-refractivity contribution >= 4 is 15.9 Å². The zero-order valence-corrected chi connectivity index (χ0v) is 11.0. The number of sulfonamides is 1. The number of amides is 1. The molecule has 17 heavy (non-hydrogen) atoms. The normalized spacial score (nSPS) is 22.5. The van der Waals surface area contributed by atoms with Crippen molar-refractivity contribution in [3.63, 3.8) is 0 Å². The highest BCUT2D eigenvalue weighted by Crippen LogP contribution is 2.17. The van der Waals surface area contributed by atoms with Crippen LogP contribution in [0.25, 0.3) is 0 Å². The lowest BCUT2D eigenvalue weighted by Gasteiger charge is -2.31. The van der Waals surface area contributed by atoms with E-state index in [1.165, 1.54) is 10.6 Å². The summed E-state index contributed by atoms with van der Waals surface area (Å²) in [6, 6.07) is 0. The van der Waals surface area contributed by atoms with Gasteiger partial charge in [0.15, 0.2) is 0 Å². The number of primary amides is 1. The maximum atomic E-state index is 11.4. The molecule has 7 heteroatoms. The smallest absolute Gasteiger partial charge is 0.218 e. The lowest BCUT2D eigenvalue weighted by molar-refractivity contribution is -0.117. The molecular formula is C10H21N3O3S. The van der Waals surface area contributed by atoms with Crippen LogP contribution in [0.4, 0.5) is 0 Å². The van der Waals surface area contributed by atoms with Gasteiger partial charge in [-0.1, -0.05) is 0 Å². The van der Waals surface area contributed by atoms with Gasteiger partial charge in [-0.15, -0.1) is 0 Å². The molecule has 0 aliphatic carbocycles. The zero-order chi connectivity index (χ0) is 12.9. The van der Waals surface area contributed by atoms with E-state index in [2.05, 4.69) is 5.32 Å². The molecule has 0 aromatic heterocycles. The highest BCUT2D eigenvalue weighted by molar-refractivity contribution is 7.88. The van der Waals surface area contributed by atoms with Crippen molar-refractivity contribution in [1.82, 2.24) is 9.62 Å². The molecule has 0 aromatic carbocycles. The van der Waals surface area contributed by atoms with Crippen LogP contribution in [0.15, 0.2) is 0 Å². The highest BCUT2D eigenvalue weighted by Gasteiger charge is 2.25. The Morgan fingerprint density at radius 1 is 1.53 bits per heavy atom. The van der Waals surface area contributed by atoms with Crippen molar-refractivity contribution in [1.29, 1.82) is 0 Å². The molecule has 6 nitrogen and oxygen atoms in total. The van der Waals surface area contributed by atoms with Gasteiger partial charge in [-0.25, -0.2) is 12.7 Å². The Balaban J connectivity index is 2.28. The molecule has 1 fully saturated rings. The molecule has 1 saturated heterocycles. The van der Waals surface area contributed by atoms with Crippen molar-refractivity contribution in [2.45, 2.75) is 19.3 Å². The molecule has 1 rings (SSSR count). The SMILES string of the molecule is CS(=O)(=O)N1CCCC(CNCCC(N)=O)C1. The van der Waals surface area contributed by atoms with Gasteiger partial charge >= 0.3 is 0 Å². The minimum absolute atomic E-state index is 0.320. The number of hydrogen-bond acceptors (Lipinski definition) is 4. The summed E-state index contributed by atoms with van der Waals surface area (Å²) >= 11 is 0. The van der Waals surface area contributed by atoms with Gasteiger partial charge in [-0.05, 0) is 25.3 Å². The van der Waals surface area contributed by atoms with Gasteiger partial charge in [0.1, 0.15) is 0 Å². The van der Waals surface area contributed by atoms with E-state index in [-0.39, 0.29) is 5.91 Å². The van der Waals surface area contributed by atoms with E-state index in [0.717, 1.165) is 19.4 Å². The van der Waals surface area contributed by atoms with Gasteiger partial charge < -0.3 is 11.1 Å². The van der Waals surface area contributed by atoms with E-state index in [0.29, 0.717) is 32.0 Å². The number of rotatable bonds is 6. The van der Waals surface area contributed by atoms with Crippen LogP contribution in [0.2, 0.25) is 0 Å². The monoisotopic (exact) mass is 263 g/mol. The minimum atomic E-state index is -3.07. The van der Waals surface area contributed by atoms with Gasteiger partial charge in [0.05, 0.1) is 6.26 Å². The van der Waals surface area contributed by atoms with E-state index in [9.17, 15) is 13.2 Å². The number of nitrogens with zero attached hydrogens (tertiary/aromatic N) is 1. The molecule has 1 amide bonds. The number of hydrogen-bond donors (Lipinski definition) is 2. The maximum absolute atomic E-state index is 11.4. The van der Waals surface area contributed by atoms with Crippen LogP contribution in [-0.4, -0.2) is 51.1 Å². The van der Waals surface area contributed by atoms with E-state index < -0.39 is 10.0 Å². The molecule has 100 valence electrons. The minimum Gasteiger partial charge on any atom is -0.370 e. The first kappa shape index (κ1) is 14.4. The third-order valence-corrected chi connectivity index (χ3v) is 4.20. The number of carbonyl (C=O) groups excluding carboxylic acids is 1. The van der Waals surface area contributed by atoms with Crippen molar-refractivity contribution in [2.75, 3.05) is 32.4 Å². The Kier molecular flexibility index (Phi) is 5.35. The first-order valence-corrected chi connectivity index (χ1v) is 7.68. The van der Waals surface area contributed by atoms with Gasteiger partial charge in [0, 0.05) is 26.1 Å². The Morgan fingerprint density at radius 3 is 2.82 bits per heavy atom. The molecule has 0 saturated carbocycles. The second-order valence-electron chi connectivity index (χ2n) is 4.55. The third-order valence-electron chi connectivity index (χ3n) is 2.93. The first-order chi connectivity index (χ1) is 7.89. The maximum Gasteiger partial charge on any atom is 0.218 e. The molecule has 1 aliphatic heterocycles. The summed E-state index contributed by atoms with van der Waals surface area (Å²) in [5.74, 6) is 0.00487. The van der Waals surface area contributed by atoms with Crippen molar-refractivity contribution in [2.24, 2.45) is 11.7 Å². The number of carbonyl (C=O) groups is 1.